The molecule has 5 heteroatoms. The number of nitrogens with zero attached hydrogens (tertiary/aromatic N) is 3. The number of aromatic nitrogens is 2. The zero-order chi connectivity index (χ0) is 16.4. The smallest absolute Gasteiger partial charge is 0.189 e. The summed E-state index contributed by atoms with van der Waals surface area (Å²) in [4.78, 5) is 19.0. The third kappa shape index (κ3) is 3.47. The summed E-state index contributed by atoms with van der Waals surface area (Å²) < 4.78 is 2.83. The van der Waals surface area contributed by atoms with E-state index in [2.05, 4.69) is 20.9 Å². The molecular formula is C17H20BrN3O. The van der Waals surface area contributed by atoms with E-state index in [1.54, 1.807) is 6.08 Å². The third-order valence-electron chi connectivity index (χ3n) is 3.53. The lowest BCUT2D eigenvalue weighted by Crippen LogP contribution is -2.11. The van der Waals surface area contributed by atoms with Crippen LogP contribution in [-0.2, 0) is 0 Å². The molecule has 4 nitrogen and oxygen atoms in total. The van der Waals surface area contributed by atoms with Crippen LogP contribution in [0.5, 0.6) is 0 Å². The number of hydrogen-bond acceptors (Lipinski definition) is 3. The minimum absolute atomic E-state index is 0.0201. The molecule has 0 atom stereocenters. The van der Waals surface area contributed by atoms with Crippen molar-refractivity contribution in [2.45, 2.75) is 20.8 Å². The van der Waals surface area contributed by atoms with Crippen molar-refractivity contribution >= 4 is 21.7 Å². The number of carbonyl (C=O) groups excluding carboxylic acids is 1. The van der Waals surface area contributed by atoms with Gasteiger partial charge in [0.1, 0.15) is 5.82 Å². The molecule has 2 aromatic rings. The molecule has 0 aliphatic rings. The lowest BCUT2D eigenvalue weighted by atomic mass is 10.1. The fourth-order valence-electron chi connectivity index (χ4n) is 2.17. The largest absolute Gasteiger partial charge is 0.381 e. The molecule has 0 bridgehead atoms. The Labute approximate surface area is 139 Å². The van der Waals surface area contributed by atoms with Crippen LogP contribution in [0.4, 0.5) is 0 Å². The maximum atomic E-state index is 12.7. The quantitative estimate of drug-likeness (QED) is 0.612. The van der Waals surface area contributed by atoms with Gasteiger partial charge in [0.25, 0.3) is 0 Å². The summed E-state index contributed by atoms with van der Waals surface area (Å²) in [6.07, 6.45) is 3.60. The molecule has 0 N–H and O–H groups in total. The second kappa shape index (κ2) is 6.48. The highest BCUT2D eigenvalue weighted by molar-refractivity contribution is 9.10. The number of imidazole rings is 1. The number of carbonyl (C=O) groups is 1. The molecule has 0 amide bonds. The van der Waals surface area contributed by atoms with Gasteiger partial charge in [0.2, 0.25) is 0 Å². The first-order valence-corrected chi connectivity index (χ1v) is 7.81. The van der Waals surface area contributed by atoms with Crippen LogP contribution in [0.15, 0.2) is 40.6 Å². The van der Waals surface area contributed by atoms with Crippen molar-refractivity contribution in [3.8, 4) is 5.69 Å². The van der Waals surface area contributed by atoms with E-state index in [0.717, 1.165) is 27.4 Å². The van der Waals surface area contributed by atoms with Gasteiger partial charge in [0.05, 0.1) is 11.4 Å². The highest BCUT2D eigenvalue weighted by atomic mass is 79.9. The molecule has 0 aliphatic heterocycles. The number of hydrogen-bond donors (Lipinski definition) is 0. The van der Waals surface area contributed by atoms with Crippen LogP contribution >= 0.6 is 15.9 Å². The van der Waals surface area contributed by atoms with Gasteiger partial charge < -0.3 is 9.47 Å². The summed E-state index contributed by atoms with van der Waals surface area (Å²) in [5.41, 5.74) is 3.33. The van der Waals surface area contributed by atoms with Crippen LogP contribution in [0, 0.1) is 13.8 Å². The zero-order valence-corrected chi connectivity index (χ0v) is 15.1. The second-order valence-electron chi connectivity index (χ2n) is 5.51. The average Bonchev–Trinajstić information content (AvgIpc) is 2.77. The van der Waals surface area contributed by atoms with Crippen LogP contribution < -0.4 is 0 Å². The summed E-state index contributed by atoms with van der Waals surface area (Å²) in [6.45, 7) is 5.80. The molecular weight excluding hydrogens is 342 g/mol. The van der Waals surface area contributed by atoms with Gasteiger partial charge in [0.15, 0.2) is 5.78 Å². The number of aryl methyl sites for hydroxylation is 2. The first-order valence-electron chi connectivity index (χ1n) is 7.02. The summed E-state index contributed by atoms with van der Waals surface area (Å²) in [5, 5.41) is 0. The zero-order valence-electron chi connectivity index (χ0n) is 13.5. The Bertz CT molecular complexity index is 744. The van der Waals surface area contributed by atoms with Crippen molar-refractivity contribution < 1.29 is 4.79 Å². The Kier molecular flexibility index (Phi) is 4.86. The molecule has 0 saturated heterocycles. The monoisotopic (exact) mass is 361 g/mol. The van der Waals surface area contributed by atoms with Gasteiger partial charge in [-0.25, -0.2) is 4.98 Å². The van der Waals surface area contributed by atoms with E-state index < -0.39 is 0 Å². The standard InChI is InChI=1S/C17H20BrN3O/c1-11-10-21(13(3)19-11)16-7-6-14(18)9-15(16)17(22)8-12(2)20(4)5/h6-10H,1-5H3/b12-8+. The number of rotatable bonds is 4. The lowest BCUT2D eigenvalue weighted by molar-refractivity contribution is 0.104. The van der Waals surface area contributed by atoms with Gasteiger partial charge in [-0.1, -0.05) is 15.9 Å². The Hall–Kier alpha value is -1.88. The van der Waals surface area contributed by atoms with E-state index in [-0.39, 0.29) is 5.78 Å². The highest BCUT2D eigenvalue weighted by Gasteiger charge is 2.14. The fraction of sp³-hybridized carbons (Fsp3) is 0.294. The van der Waals surface area contributed by atoms with E-state index in [1.807, 2.05) is 68.7 Å². The maximum Gasteiger partial charge on any atom is 0.189 e. The SMILES string of the molecule is C/C(=C\C(=O)c1cc(Br)ccc1-n1cc(C)nc1C)N(C)C. The Morgan fingerprint density at radius 1 is 1.32 bits per heavy atom. The van der Waals surface area contributed by atoms with E-state index in [0.29, 0.717) is 5.56 Å². The van der Waals surface area contributed by atoms with Crippen LogP contribution in [-0.4, -0.2) is 34.3 Å². The van der Waals surface area contributed by atoms with Crippen molar-refractivity contribution in [3.05, 3.63) is 57.7 Å². The number of benzene rings is 1. The molecule has 1 aromatic carbocycles. The topological polar surface area (TPSA) is 38.1 Å². The van der Waals surface area contributed by atoms with Crippen molar-refractivity contribution in [2.75, 3.05) is 14.1 Å². The second-order valence-corrected chi connectivity index (χ2v) is 6.42. The summed E-state index contributed by atoms with van der Waals surface area (Å²) in [7, 11) is 3.84. The molecule has 0 fully saturated rings. The molecule has 0 unspecified atom stereocenters. The summed E-state index contributed by atoms with van der Waals surface area (Å²) >= 11 is 3.45. The Balaban J connectivity index is 2.56. The number of allylic oxidation sites excluding steroid dienone is 2. The van der Waals surface area contributed by atoms with E-state index in [1.165, 1.54) is 0 Å². The minimum atomic E-state index is -0.0201. The van der Waals surface area contributed by atoms with Gasteiger partial charge in [0, 0.05) is 42.1 Å². The van der Waals surface area contributed by atoms with Crippen LogP contribution in [0.1, 0.15) is 28.8 Å². The third-order valence-corrected chi connectivity index (χ3v) is 4.02. The van der Waals surface area contributed by atoms with Crippen molar-refractivity contribution in [2.24, 2.45) is 0 Å². The highest BCUT2D eigenvalue weighted by Crippen LogP contribution is 2.23. The molecule has 0 spiro atoms. The lowest BCUT2D eigenvalue weighted by Gasteiger charge is -2.14. The maximum absolute atomic E-state index is 12.7. The first kappa shape index (κ1) is 16.5. The summed E-state index contributed by atoms with van der Waals surface area (Å²) in [5.74, 6) is 0.843. The van der Waals surface area contributed by atoms with E-state index >= 15 is 0 Å². The number of ketones is 1. The minimum Gasteiger partial charge on any atom is -0.381 e. The molecule has 0 saturated carbocycles. The van der Waals surface area contributed by atoms with Gasteiger partial charge in [-0.3, -0.25) is 4.79 Å². The Morgan fingerprint density at radius 3 is 2.55 bits per heavy atom. The molecule has 22 heavy (non-hydrogen) atoms. The average molecular weight is 362 g/mol. The Morgan fingerprint density at radius 2 is 2.00 bits per heavy atom. The van der Waals surface area contributed by atoms with Crippen molar-refractivity contribution in [1.82, 2.24) is 14.5 Å². The van der Waals surface area contributed by atoms with Crippen LogP contribution in [0.25, 0.3) is 5.69 Å². The molecule has 1 heterocycles. The molecule has 2 rings (SSSR count). The molecule has 0 aliphatic carbocycles. The van der Waals surface area contributed by atoms with E-state index in [4.69, 9.17) is 0 Å². The number of halogens is 1. The predicted octanol–water partition coefficient (Wildman–Crippen LogP) is 3.90. The molecule has 116 valence electrons. The van der Waals surface area contributed by atoms with E-state index in [9.17, 15) is 4.79 Å². The van der Waals surface area contributed by atoms with Gasteiger partial charge in [-0.2, -0.15) is 0 Å². The molecule has 1 aromatic heterocycles. The van der Waals surface area contributed by atoms with Crippen molar-refractivity contribution in [3.63, 3.8) is 0 Å². The predicted molar refractivity (Wildman–Crippen MR) is 92.5 cm³/mol. The summed E-state index contributed by atoms with van der Waals surface area (Å²) in [6, 6.07) is 5.72. The van der Waals surface area contributed by atoms with Gasteiger partial charge in [-0.05, 0) is 39.0 Å². The van der Waals surface area contributed by atoms with Crippen molar-refractivity contribution in [1.29, 1.82) is 0 Å². The fourth-order valence-corrected chi connectivity index (χ4v) is 2.54. The normalized spacial score (nSPS) is 11.6. The van der Waals surface area contributed by atoms with Crippen LogP contribution in [0.2, 0.25) is 0 Å². The van der Waals surface area contributed by atoms with Gasteiger partial charge in [-0.15, -0.1) is 0 Å². The van der Waals surface area contributed by atoms with Gasteiger partial charge >= 0.3 is 0 Å². The van der Waals surface area contributed by atoms with Crippen LogP contribution in [0.3, 0.4) is 0 Å². The molecule has 0 radical (unpaired) electrons. The first-order chi connectivity index (χ1) is 10.3.